The van der Waals surface area contributed by atoms with Gasteiger partial charge in [-0.2, -0.15) is 0 Å². The molecule has 100 valence electrons. The number of aromatic nitrogens is 1. The van der Waals surface area contributed by atoms with Crippen LogP contribution in [-0.2, 0) is 12.8 Å². The molecule has 0 amide bonds. The Morgan fingerprint density at radius 3 is 3.05 bits per heavy atom. The van der Waals surface area contributed by atoms with E-state index in [1.165, 1.54) is 27.4 Å². The lowest BCUT2D eigenvalue weighted by atomic mass is 9.95. The van der Waals surface area contributed by atoms with Crippen molar-refractivity contribution in [3.05, 3.63) is 51.5 Å². The molecule has 0 spiro atoms. The highest BCUT2D eigenvalue weighted by atomic mass is 32.1. The van der Waals surface area contributed by atoms with Gasteiger partial charge in [0.15, 0.2) is 0 Å². The molecule has 0 fully saturated rings. The van der Waals surface area contributed by atoms with Crippen molar-refractivity contribution < 1.29 is 0 Å². The maximum Gasteiger partial charge on any atom is 0.0497 e. The molecule has 0 radical (unpaired) electrons. The Balaban J connectivity index is 1.91. The maximum atomic E-state index is 4.63. The second kappa shape index (κ2) is 5.43. The average Bonchev–Trinajstić information content (AvgIpc) is 3.07. The van der Waals surface area contributed by atoms with Gasteiger partial charge >= 0.3 is 0 Å². The highest BCUT2D eigenvalue weighted by molar-refractivity contribution is 7.12. The highest BCUT2D eigenvalue weighted by Crippen LogP contribution is 2.42. The smallest absolute Gasteiger partial charge is 0.0497 e. The van der Waals surface area contributed by atoms with Gasteiger partial charge in [-0.15, -0.1) is 11.3 Å². The number of aryl methyl sites for hydroxylation is 2. The number of rotatable bonds is 4. The molecule has 0 saturated heterocycles. The van der Waals surface area contributed by atoms with Crippen LogP contribution in [0.15, 0.2) is 30.5 Å². The van der Waals surface area contributed by atoms with Crippen molar-refractivity contribution in [1.29, 1.82) is 0 Å². The first-order valence-corrected chi connectivity index (χ1v) is 7.84. The standard InChI is InChI=1S/C16H20N2S/c1-3-12-7-9-14(19-12)16(17-2)13-8-6-11-5-4-10-18-15(11)13/h4-5,7,9-10,13,16-17H,3,6,8H2,1-2H3. The van der Waals surface area contributed by atoms with Crippen molar-refractivity contribution in [1.82, 2.24) is 10.3 Å². The summed E-state index contributed by atoms with van der Waals surface area (Å²) in [6.45, 7) is 2.22. The fourth-order valence-electron chi connectivity index (χ4n) is 3.06. The second-order valence-electron chi connectivity index (χ2n) is 5.12. The Hall–Kier alpha value is -1.19. The molecule has 0 bridgehead atoms. The van der Waals surface area contributed by atoms with Crippen LogP contribution < -0.4 is 5.32 Å². The van der Waals surface area contributed by atoms with Crippen LogP contribution in [0, 0.1) is 0 Å². The van der Waals surface area contributed by atoms with E-state index in [4.69, 9.17) is 0 Å². The Bertz CT molecular complexity index is 561. The molecule has 0 saturated carbocycles. The van der Waals surface area contributed by atoms with E-state index in [0.717, 1.165) is 12.8 Å². The minimum Gasteiger partial charge on any atom is -0.312 e. The van der Waals surface area contributed by atoms with E-state index in [9.17, 15) is 0 Å². The first-order chi connectivity index (χ1) is 9.33. The number of hydrogen-bond acceptors (Lipinski definition) is 3. The van der Waals surface area contributed by atoms with E-state index in [1.807, 2.05) is 17.5 Å². The summed E-state index contributed by atoms with van der Waals surface area (Å²) in [5.74, 6) is 0.518. The predicted octanol–water partition coefficient (Wildman–Crippen LogP) is 3.70. The van der Waals surface area contributed by atoms with Crippen molar-refractivity contribution in [2.24, 2.45) is 0 Å². The molecule has 1 N–H and O–H groups in total. The van der Waals surface area contributed by atoms with Gasteiger partial charge in [0.25, 0.3) is 0 Å². The molecular formula is C16H20N2S. The van der Waals surface area contributed by atoms with Crippen LogP contribution in [-0.4, -0.2) is 12.0 Å². The third kappa shape index (κ3) is 2.33. The molecule has 2 nitrogen and oxygen atoms in total. The van der Waals surface area contributed by atoms with Crippen LogP contribution >= 0.6 is 11.3 Å². The van der Waals surface area contributed by atoms with Gasteiger partial charge in [-0.1, -0.05) is 13.0 Å². The fourth-order valence-corrected chi connectivity index (χ4v) is 4.19. The molecule has 0 aromatic carbocycles. The molecule has 3 heteroatoms. The normalized spacial score (nSPS) is 19.4. The minimum absolute atomic E-state index is 0.404. The average molecular weight is 272 g/mol. The SMILES string of the molecule is CCc1ccc(C(NC)C2CCc3cccnc32)s1. The Labute approximate surface area is 118 Å². The lowest BCUT2D eigenvalue weighted by Crippen LogP contribution is -2.22. The van der Waals surface area contributed by atoms with Gasteiger partial charge in [-0.25, -0.2) is 0 Å². The van der Waals surface area contributed by atoms with E-state index in [2.05, 4.69) is 48.5 Å². The topological polar surface area (TPSA) is 24.9 Å². The zero-order chi connectivity index (χ0) is 13.2. The van der Waals surface area contributed by atoms with Crippen LogP contribution in [0.1, 0.15) is 46.3 Å². The van der Waals surface area contributed by atoms with Crippen molar-refractivity contribution >= 4 is 11.3 Å². The third-order valence-electron chi connectivity index (χ3n) is 4.05. The van der Waals surface area contributed by atoms with E-state index in [1.54, 1.807) is 0 Å². The summed E-state index contributed by atoms with van der Waals surface area (Å²) >= 11 is 1.94. The quantitative estimate of drug-likeness (QED) is 0.918. The lowest BCUT2D eigenvalue weighted by molar-refractivity contribution is 0.476. The van der Waals surface area contributed by atoms with E-state index in [0.29, 0.717) is 12.0 Å². The number of nitrogens with one attached hydrogen (secondary N) is 1. The molecule has 0 aliphatic heterocycles. The lowest BCUT2D eigenvalue weighted by Gasteiger charge is -2.22. The summed E-state index contributed by atoms with van der Waals surface area (Å²) < 4.78 is 0. The molecule has 3 rings (SSSR count). The molecule has 1 aliphatic rings. The third-order valence-corrected chi connectivity index (χ3v) is 5.37. The molecule has 2 unspecified atom stereocenters. The zero-order valence-corrected chi connectivity index (χ0v) is 12.3. The molecule has 19 heavy (non-hydrogen) atoms. The largest absolute Gasteiger partial charge is 0.312 e. The van der Waals surface area contributed by atoms with Crippen LogP contribution in [0.2, 0.25) is 0 Å². The number of likely N-dealkylation sites (N-methyl/N-ethyl adjacent to an activating group) is 1. The van der Waals surface area contributed by atoms with Crippen LogP contribution in [0.4, 0.5) is 0 Å². The summed E-state index contributed by atoms with van der Waals surface area (Å²) in [6.07, 6.45) is 5.42. The number of hydrogen-bond donors (Lipinski definition) is 1. The van der Waals surface area contributed by atoms with E-state index >= 15 is 0 Å². The number of fused-ring (bicyclic) bond motifs is 1. The number of thiophene rings is 1. The van der Waals surface area contributed by atoms with Gasteiger partial charge in [-0.05, 0) is 50.1 Å². The Kier molecular flexibility index (Phi) is 3.67. The fraction of sp³-hybridized carbons (Fsp3) is 0.438. The monoisotopic (exact) mass is 272 g/mol. The van der Waals surface area contributed by atoms with E-state index in [-0.39, 0.29) is 0 Å². The summed E-state index contributed by atoms with van der Waals surface area (Å²) in [5.41, 5.74) is 2.73. The first-order valence-electron chi connectivity index (χ1n) is 7.03. The number of pyridine rings is 1. The summed E-state index contributed by atoms with van der Waals surface area (Å²) in [7, 11) is 2.07. The van der Waals surface area contributed by atoms with Gasteiger partial charge in [0, 0.05) is 33.6 Å². The van der Waals surface area contributed by atoms with Crippen molar-refractivity contribution in [3.8, 4) is 0 Å². The zero-order valence-electron chi connectivity index (χ0n) is 11.5. The molecule has 2 aromatic rings. The van der Waals surface area contributed by atoms with Crippen molar-refractivity contribution in [2.75, 3.05) is 7.05 Å². The summed E-state index contributed by atoms with van der Waals surface area (Å²) in [5, 5.41) is 3.51. The van der Waals surface area contributed by atoms with Crippen LogP contribution in [0.5, 0.6) is 0 Å². The molecule has 2 aromatic heterocycles. The van der Waals surface area contributed by atoms with Gasteiger partial charge < -0.3 is 5.32 Å². The Morgan fingerprint density at radius 2 is 2.32 bits per heavy atom. The van der Waals surface area contributed by atoms with Crippen molar-refractivity contribution in [3.63, 3.8) is 0 Å². The highest BCUT2D eigenvalue weighted by Gasteiger charge is 2.31. The number of nitrogens with zero attached hydrogens (tertiary/aromatic N) is 1. The molecular weight excluding hydrogens is 252 g/mol. The van der Waals surface area contributed by atoms with Crippen LogP contribution in [0.3, 0.4) is 0 Å². The first kappa shape index (κ1) is 12.8. The Morgan fingerprint density at radius 1 is 1.42 bits per heavy atom. The van der Waals surface area contributed by atoms with Gasteiger partial charge in [-0.3, -0.25) is 4.98 Å². The molecule has 2 heterocycles. The van der Waals surface area contributed by atoms with Gasteiger partial charge in [0.05, 0.1) is 0 Å². The van der Waals surface area contributed by atoms with E-state index < -0.39 is 0 Å². The second-order valence-corrected chi connectivity index (χ2v) is 6.32. The van der Waals surface area contributed by atoms with Gasteiger partial charge in [0.1, 0.15) is 0 Å². The maximum absolute atomic E-state index is 4.63. The predicted molar refractivity (Wildman–Crippen MR) is 80.8 cm³/mol. The van der Waals surface area contributed by atoms with Gasteiger partial charge in [0.2, 0.25) is 0 Å². The van der Waals surface area contributed by atoms with Crippen molar-refractivity contribution in [2.45, 2.75) is 38.1 Å². The molecule has 2 atom stereocenters. The summed E-state index contributed by atoms with van der Waals surface area (Å²) in [4.78, 5) is 7.54. The molecule has 1 aliphatic carbocycles. The summed E-state index contributed by atoms with van der Waals surface area (Å²) in [6, 6.07) is 9.22. The minimum atomic E-state index is 0.404. The van der Waals surface area contributed by atoms with Crippen LogP contribution in [0.25, 0.3) is 0 Å².